The van der Waals surface area contributed by atoms with Gasteiger partial charge in [-0.05, 0) is 53.4 Å². The molecule has 2 aromatic carbocycles. The topological polar surface area (TPSA) is 42.0 Å². The molecule has 0 fully saturated rings. The molecule has 1 N–H and O–H groups in total. The third kappa shape index (κ3) is 5.22. The van der Waals surface area contributed by atoms with Gasteiger partial charge in [-0.1, -0.05) is 30.2 Å². The van der Waals surface area contributed by atoms with Crippen molar-refractivity contribution in [1.29, 1.82) is 0 Å². The lowest BCUT2D eigenvalue weighted by atomic mass is 9.91. The highest BCUT2D eigenvalue weighted by Crippen LogP contribution is 2.37. The molecular formula is C25H18F6N2O. The van der Waals surface area contributed by atoms with Crippen LogP contribution in [-0.2, 0) is 18.8 Å². The summed E-state index contributed by atoms with van der Waals surface area (Å²) < 4.78 is 79.9. The molecule has 1 aromatic heterocycles. The molecule has 0 bridgehead atoms. The van der Waals surface area contributed by atoms with E-state index in [-0.39, 0.29) is 28.6 Å². The minimum atomic E-state index is -5.00. The first-order valence-electron chi connectivity index (χ1n) is 9.92. The van der Waals surface area contributed by atoms with E-state index in [2.05, 4.69) is 16.2 Å². The van der Waals surface area contributed by atoms with Crippen LogP contribution in [0.4, 0.5) is 26.3 Å². The van der Waals surface area contributed by atoms with Gasteiger partial charge in [0, 0.05) is 13.5 Å². The fourth-order valence-corrected chi connectivity index (χ4v) is 3.58. The summed E-state index contributed by atoms with van der Waals surface area (Å²) in [5.74, 6) is 1.73. The molecule has 0 saturated heterocycles. The van der Waals surface area contributed by atoms with Crippen molar-refractivity contribution >= 4 is 5.91 Å². The second-order valence-electron chi connectivity index (χ2n) is 7.51. The van der Waals surface area contributed by atoms with Crippen LogP contribution < -0.4 is 5.32 Å². The Morgan fingerprint density at radius 2 is 1.56 bits per heavy atom. The first-order valence-corrected chi connectivity index (χ1v) is 9.92. The van der Waals surface area contributed by atoms with E-state index in [0.717, 1.165) is 5.56 Å². The van der Waals surface area contributed by atoms with Crippen LogP contribution >= 0.6 is 0 Å². The van der Waals surface area contributed by atoms with Gasteiger partial charge in [0.25, 0.3) is 5.91 Å². The maximum absolute atomic E-state index is 13.3. The van der Waals surface area contributed by atoms with E-state index in [9.17, 15) is 31.1 Å². The smallest absolute Gasteiger partial charge is 0.355 e. The van der Waals surface area contributed by atoms with Crippen LogP contribution in [0.3, 0.4) is 0 Å². The molecule has 0 aliphatic rings. The van der Waals surface area contributed by atoms with Crippen molar-refractivity contribution in [2.24, 2.45) is 0 Å². The summed E-state index contributed by atoms with van der Waals surface area (Å²) in [7, 11) is 1.36. The van der Waals surface area contributed by atoms with Gasteiger partial charge in [-0.25, -0.2) is 4.98 Å². The van der Waals surface area contributed by atoms with Crippen molar-refractivity contribution in [1.82, 2.24) is 10.3 Å². The molecule has 34 heavy (non-hydrogen) atoms. The van der Waals surface area contributed by atoms with Gasteiger partial charge in [0.1, 0.15) is 5.69 Å². The first-order chi connectivity index (χ1) is 15.8. The summed E-state index contributed by atoms with van der Waals surface area (Å²) in [4.78, 5) is 17.0. The molecule has 0 aliphatic heterocycles. The minimum Gasteiger partial charge on any atom is -0.355 e. The van der Waals surface area contributed by atoms with Gasteiger partial charge in [0.15, 0.2) is 0 Å². The van der Waals surface area contributed by atoms with Crippen LogP contribution in [0.5, 0.6) is 0 Å². The van der Waals surface area contributed by atoms with E-state index >= 15 is 0 Å². The number of carbonyl (C=O) groups excluding carboxylic acids is 1. The number of aromatic nitrogens is 1. The predicted octanol–water partition coefficient (Wildman–Crippen LogP) is 6.03. The Balaban J connectivity index is 2.29. The maximum atomic E-state index is 13.3. The zero-order valence-corrected chi connectivity index (χ0v) is 18.0. The summed E-state index contributed by atoms with van der Waals surface area (Å²) >= 11 is 0. The summed E-state index contributed by atoms with van der Waals surface area (Å²) in [5, 5.41) is 2.46. The average molecular weight is 476 g/mol. The Morgan fingerprint density at radius 1 is 0.971 bits per heavy atom. The maximum Gasteiger partial charge on any atom is 0.416 e. The van der Waals surface area contributed by atoms with Crippen molar-refractivity contribution in [2.45, 2.75) is 25.7 Å². The molecule has 1 amide bonds. The molecule has 0 atom stereocenters. The van der Waals surface area contributed by atoms with E-state index in [1.807, 2.05) is 0 Å². The zero-order valence-electron chi connectivity index (χ0n) is 18.0. The van der Waals surface area contributed by atoms with Crippen molar-refractivity contribution in [3.63, 3.8) is 0 Å². The van der Waals surface area contributed by atoms with Gasteiger partial charge < -0.3 is 5.32 Å². The Hall–Kier alpha value is -3.80. The molecule has 3 nitrogen and oxygen atoms in total. The van der Waals surface area contributed by atoms with Crippen LogP contribution in [0.2, 0.25) is 0 Å². The van der Waals surface area contributed by atoms with Crippen molar-refractivity contribution < 1.29 is 31.1 Å². The summed E-state index contributed by atoms with van der Waals surface area (Å²) in [6.07, 6.45) is -4.97. The van der Waals surface area contributed by atoms with Gasteiger partial charge in [-0.3, -0.25) is 4.79 Å². The largest absolute Gasteiger partial charge is 0.416 e. The van der Waals surface area contributed by atoms with Crippen LogP contribution in [-0.4, -0.2) is 17.9 Å². The molecule has 9 heteroatoms. The highest BCUT2D eigenvalue weighted by molar-refractivity contribution is 6.02. The van der Waals surface area contributed by atoms with Crippen LogP contribution in [0, 0.1) is 19.3 Å². The van der Waals surface area contributed by atoms with E-state index in [4.69, 9.17) is 6.42 Å². The standard InChI is InChI=1S/C25H18F6N2O/c1-4-18-13-20(19-8-6-5-7-14(19)2)22(23(34)32-3)21(33-18)11-15-9-16(24(26,27)28)12-17(10-15)25(29,30)31/h1,5-10,12-13H,11H2,2-3H3,(H,32,34). The van der Waals surface area contributed by atoms with Crippen LogP contribution in [0.15, 0.2) is 48.5 Å². The zero-order chi connectivity index (χ0) is 25.3. The Kier molecular flexibility index (Phi) is 6.73. The number of benzene rings is 2. The summed E-state index contributed by atoms with van der Waals surface area (Å²) in [5.41, 5.74) is -1.38. The molecule has 3 rings (SSSR count). The fourth-order valence-electron chi connectivity index (χ4n) is 3.58. The highest BCUT2D eigenvalue weighted by atomic mass is 19.4. The number of halogens is 6. The number of amides is 1. The number of nitrogens with one attached hydrogen (secondary N) is 1. The molecule has 0 aliphatic carbocycles. The highest BCUT2D eigenvalue weighted by Gasteiger charge is 2.37. The monoisotopic (exact) mass is 476 g/mol. The van der Waals surface area contributed by atoms with E-state index in [1.54, 1.807) is 31.2 Å². The van der Waals surface area contributed by atoms with Gasteiger partial charge in [0.05, 0.1) is 22.4 Å². The molecular weight excluding hydrogens is 458 g/mol. The minimum absolute atomic E-state index is 0.0155. The third-order valence-electron chi connectivity index (χ3n) is 5.15. The molecule has 0 spiro atoms. The molecule has 0 saturated carbocycles. The van der Waals surface area contributed by atoms with Crippen molar-refractivity contribution in [2.75, 3.05) is 7.05 Å². The van der Waals surface area contributed by atoms with Crippen molar-refractivity contribution in [3.05, 3.63) is 87.7 Å². The van der Waals surface area contributed by atoms with E-state index in [1.165, 1.54) is 13.1 Å². The van der Waals surface area contributed by atoms with Gasteiger partial charge >= 0.3 is 12.4 Å². The number of hydrogen-bond acceptors (Lipinski definition) is 2. The van der Waals surface area contributed by atoms with Crippen molar-refractivity contribution in [3.8, 4) is 23.5 Å². The number of hydrogen-bond donors (Lipinski definition) is 1. The Bertz CT molecular complexity index is 1250. The molecule has 1 heterocycles. The lowest BCUT2D eigenvalue weighted by molar-refractivity contribution is -0.143. The lowest BCUT2D eigenvalue weighted by Gasteiger charge is -2.18. The third-order valence-corrected chi connectivity index (χ3v) is 5.15. The Morgan fingerprint density at radius 3 is 2.06 bits per heavy atom. The lowest BCUT2D eigenvalue weighted by Crippen LogP contribution is -2.22. The number of carbonyl (C=O) groups is 1. The number of pyridine rings is 1. The van der Waals surface area contributed by atoms with Gasteiger partial charge in [0.2, 0.25) is 0 Å². The number of terminal acetylenes is 1. The number of nitrogens with zero attached hydrogens (tertiary/aromatic N) is 1. The predicted molar refractivity (Wildman–Crippen MR) is 115 cm³/mol. The van der Waals surface area contributed by atoms with E-state index < -0.39 is 35.8 Å². The fraction of sp³-hybridized carbons (Fsp3) is 0.200. The SMILES string of the molecule is C#Cc1cc(-c2ccccc2C)c(C(=O)NC)c(Cc2cc(C(F)(F)F)cc(C(F)(F)F)c2)n1. The van der Waals surface area contributed by atoms with E-state index in [0.29, 0.717) is 23.3 Å². The quantitative estimate of drug-likeness (QED) is 0.369. The number of rotatable bonds is 4. The van der Waals surface area contributed by atoms with Crippen LogP contribution in [0.25, 0.3) is 11.1 Å². The number of alkyl halides is 6. The molecule has 176 valence electrons. The van der Waals surface area contributed by atoms with Gasteiger partial charge in [-0.2, -0.15) is 26.3 Å². The summed E-state index contributed by atoms with van der Waals surface area (Å²) in [6.45, 7) is 1.79. The second kappa shape index (κ2) is 9.21. The number of aryl methyl sites for hydroxylation is 1. The van der Waals surface area contributed by atoms with Gasteiger partial charge in [-0.15, -0.1) is 6.42 Å². The average Bonchev–Trinajstić information content (AvgIpc) is 2.77. The molecule has 0 radical (unpaired) electrons. The summed E-state index contributed by atoms with van der Waals surface area (Å²) in [6, 6.07) is 9.80. The first kappa shape index (κ1) is 24.8. The molecule has 3 aromatic rings. The normalized spacial score (nSPS) is 11.7. The Labute approximate surface area is 191 Å². The second-order valence-corrected chi connectivity index (χ2v) is 7.51. The van der Waals surface area contributed by atoms with Crippen LogP contribution in [0.1, 0.15) is 44.0 Å². The molecule has 0 unspecified atom stereocenters.